The minimum Gasteiger partial charge on any atom is -0.367 e. The average molecular weight is 243 g/mol. The Morgan fingerprint density at radius 1 is 1.39 bits per heavy atom. The van der Waals surface area contributed by atoms with Crippen LogP contribution in [-0.2, 0) is 0 Å². The lowest BCUT2D eigenvalue weighted by Gasteiger charge is -2.08. The number of hydrogen-bond donors (Lipinski definition) is 1. The molecule has 0 atom stereocenters. The molecule has 0 saturated heterocycles. The minimum absolute atomic E-state index is 0.294. The van der Waals surface area contributed by atoms with Crippen LogP contribution >= 0.6 is 0 Å². The number of benzene rings is 1. The van der Waals surface area contributed by atoms with Crippen molar-refractivity contribution in [2.45, 2.75) is 6.42 Å². The van der Waals surface area contributed by atoms with E-state index in [1.165, 1.54) is 12.1 Å². The number of nitrogens with one attached hydrogen (secondary N) is 1. The van der Waals surface area contributed by atoms with Crippen LogP contribution in [0.1, 0.15) is 6.42 Å². The van der Waals surface area contributed by atoms with Crippen molar-refractivity contribution in [3.05, 3.63) is 43.3 Å². The molecule has 91 valence electrons. The largest absolute Gasteiger partial charge is 0.367 e. The van der Waals surface area contributed by atoms with E-state index in [0.29, 0.717) is 17.9 Å². The van der Waals surface area contributed by atoms with E-state index in [4.69, 9.17) is 0 Å². The fourth-order valence-corrected chi connectivity index (χ4v) is 1.96. The van der Waals surface area contributed by atoms with Gasteiger partial charge in [0, 0.05) is 25.0 Å². The van der Waals surface area contributed by atoms with Crippen molar-refractivity contribution in [2.24, 2.45) is 0 Å². The maximum atomic E-state index is 13.3. The molecule has 3 rings (SSSR count). The van der Waals surface area contributed by atoms with Crippen molar-refractivity contribution in [3.63, 3.8) is 0 Å². The summed E-state index contributed by atoms with van der Waals surface area (Å²) in [5.41, 5.74) is 2.18. The molecule has 0 fully saturated rings. The van der Waals surface area contributed by atoms with Crippen molar-refractivity contribution < 1.29 is 4.39 Å². The second-order valence-electron chi connectivity index (χ2n) is 3.99. The molecule has 0 bridgehead atoms. The molecule has 4 nitrogen and oxygen atoms in total. The second-order valence-corrected chi connectivity index (χ2v) is 3.99. The van der Waals surface area contributed by atoms with Crippen LogP contribution in [0.2, 0.25) is 0 Å². The van der Waals surface area contributed by atoms with Gasteiger partial charge in [-0.2, -0.15) is 0 Å². The highest BCUT2D eigenvalue weighted by Gasteiger charge is 2.09. The fraction of sp³-hybridized carbons (Fsp3) is 0.154. The van der Waals surface area contributed by atoms with E-state index in [0.717, 1.165) is 17.6 Å². The Bertz CT molecular complexity index is 705. The van der Waals surface area contributed by atoms with Gasteiger partial charge in [0.15, 0.2) is 11.5 Å². The summed E-state index contributed by atoms with van der Waals surface area (Å²) in [4.78, 5) is 8.68. The third-order valence-corrected chi connectivity index (χ3v) is 2.75. The standard InChI is InChI=1S/C13H12FN4/c1-2-5-15-12-13-16-6-7-18(13)11-4-3-9(14)8-10(11)17-12/h3-4,6-8H,1-2,5H2,(H,15,17). The summed E-state index contributed by atoms with van der Waals surface area (Å²) in [6.45, 7) is 4.47. The highest BCUT2D eigenvalue weighted by atomic mass is 19.1. The summed E-state index contributed by atoms with van der Waals surface area (Å²) in [6, 6.07) is 4.55. The van der Waals surface area contributed by atoms with Crippen LogP contribution in [0.4, 0.5) is 10.2 Å². The summed E-state index contributed by atoms with van der Waals surface area (Å²) < 4.78 is 15.1. The number of nitrogens with zero attached hydrogens (tertiary/aromatic N) is 3. The quantitative estimate of drug-likeness (QED) is 0.769. The zero-order valence-corrected chi connectivity index (χ0v) is 9.73. The number of anilines is 1. The minimum atomic E-state index is -0.294. The van der Waals surface area contributed by atoms with E-state index >= 15 is 0 Å². The highest BCUT2D eigenvalue weighted by molar-refractivity contribution is 5.82. The molecule has 0 amide bonds. The van der Waals surface area contributed by atoms with Gasteiger partial charge in [-0.3, -0.25) is 4.40 Å². The number of hydrogen-bond acceptors (Lipinski definition) is 3. The van der Waals surface area contributed by atoms with E-state index in [-0.39, 0.29) is 5.82 Å². The van der Waals surface area contributed by atoms with Crippen molar-refractivity contribution in [1.82, 2.24) is 14.4 Å². The lowest BCUT2D eigenvalue weighted by atomic mass is 10.3. The first-order chi connectivity index (χ1) is 8.79. The Morgan fingerprint density at radius 3 is 3.11 bits per heavy atom. The van der Waals surface area contributed by atoms with E-state index < -0.39 is 0 Å². The number of aromatic nitrogens is 3. The highest BCUT2D eigenvalue weighted by Crippen LogP contribution is 2.21. The molecule has 0 spiro atoms. The van der Waals surface area contributed by atoms with Crippen LogP contribution in [0, 0.1) is 12.7 Å². The zero-order valence-electron chi connectivity index (χ0n) is 9.73. The Morgan fingerprint density at radius 2 is 2.28 bits per heavy atom. The molecule has 2 aromatic heterocycles. The molecule has 1 radical (unpaired) electrons. The maximum absolute atomic E-state index is 13.3. The van der Waals surface area contributed by atoms with Crippen LogP contribution < -0.4 is 5.32 Å². The summed E-state index contributed by atoms with van der Waals surface area (Å²) in [7, 11) is 0. The van der Waals surface area contributed by atoms with Gasteiger partial charge in [0.1, 0.15) is 5.82 Å². The van der Waals surface area contributed by atoms with Crippen LogP contribution in [0.3, 0.4) is 0 Å². The molecule has 18 heavy (non-hydrogen) atoms. The maximum Gasteiger partial charge on any atom is 0.180 e. The van der Waals surface area contributed by atoms with Crippen molar-refractivity contribution in [2.75, 3.05) is 11.9 Å². The Hall–Kier alpha value is -2.17. The van der Waals surface area contributed by atoms with E-state index in [2.05, 4.69) is 22.2 Å². The van der Waals surface area contributed by atoms with Crippen LogP contribution in [-0.4, -0.2) is 20.9 Å². The van der Waals surface area contributed by atoms with Crippen molar-refractivity contribution >= 4 is 22.5 Å². The summed E-state index contributed by atoms with van der Waals surface area (Å²) in [5, 5.41) is 3.16. The van der Waals surface area contributed by atoms with Gasteiger partial charge >= 0.3 is 0 Å². The average Bonchev–Trinajstić information content (AvgIpc) is 2.84. The number of fused-ring (bicyclic) bond motifs is 3. The van der Waals surface area contributed by atoms with Gasteiger partial charge in [-0.05, 0) is 18.6 Å². The van der Waals surface area contributed by atoms with Crippen LogP contribution in [0.15, 0.2) is 30.6 Å². The van der Waals surface area contributed by atoms with Gasteiger partial charge in [-0.15, -0.1) is 0 Å². The van der Waals surface area contributed by atoms with Crippen LogP contribution in [0.25, 0.3) is 16.7 Å². The molecule has 0 aliphatic carbocycles. The molecule has 1 N–H and O–H groups in total. The van der Waals surface area contributed by atoms with Gasteiger partial charge in [0.25, 0.3) is 0 Å². The predicted molar refractivity (Wildman–Crippen MR) is 68.9 cm³/mol. The SMILES string of the molecule is [CH2]CCNc1nc2cc(F)ccc2n2ccnc12. The van der Waals surface area contributed by atoms with E-state index in [1.807, 2.05) is 10.6 Å². The van der Waals surface area contributed by atoms with Gasteiger partial charge in [0.2, 0.25) is 0 Å². The third-order valence-electron chi connectivity index (χ3n) is 2.75. The molecule has 0 saturated carbocycles. The molecule has 0 aliphatic heterocycles. The second kappa shape index (κ2) is 4.25. The lowest BCUT2D eigenvalue weighted by Crippen LogP contribution is -2.05. The Labute approximate surface area is 103 Å². The van der Waals surface area contributed by atoms with Gasteiger partial charge in [-0.1, -0.05) is 6.92 Å². The van der Waals surface area contributed by atoms with E-state index in [1.54, 1.807) is 12.3 Å². The summed E-state index contributed by atoms with van der Waals surface area (Å²) in [6.07, 6.45) is 4.29. The smallest absolute Gasteiger partial charge is 0.180 e. The fourth-order valence-electron chi connectivity index (χ4n) is 1.96. The van der Waals surface area contributed by atoms with E-state index in [9.17, 15) is 4.39 Å². The molecule has 5 heteroatoms. The number of imidazole rings is 1. The molecule has 2 heterocycles. The van der Waals surface area contributed by atoms with Crippen molar-refractivity contribution in [1.29, 1.82) is 0 Å². The zero-order chi connectivity index (χ0) is 12.5. The summed E-state index contributed by atoms with van der Waals surface area (Å²) in [5.74, 6) is 0.360. The molecule has 0 unspecified atom stereocenters. The van der Waals surface area contributed by atoms with Gasteiger partial charge in [-0.25, -0.2) is 14.4 Å². The number of halogens is 1. The Kier molecular flexibility index (Phi) is 2.59. The van der Waals surface area contributed by atoms with Crippen molar-refractivity contribution in [3.8, 4) is 0 Å². The molecular formula is C13H12FN4. The molecule has 1 aromatic carbocycles. The first kappa shape index (κ1) is 11.0. The molecule has 0 aliphatic rings. The normalized spacial score (nSPS) is 11.2. The third kappa shape index (κ3) is 1.68. The van der Waals surface area contributed by atoms with Gasteiger partial charge < -0.3 is 5.32 Å². The topological polar surface area (TPSA) is 42.2 Å². The van der Waals surface area contributed by atoms with Gasteiger partial charge in [0.05, 0.1) is 11.0 Å². The number of rotatable bonds is 3. The lowest BCUT2D eigenvalue weighted by molar-refractivity contribution is 0.629. The summed E-state index contributed by atoms with van der Waals surface area (Å²) >= 11 is 0. The van der Waals surface area contributed by atoms with Crippen LogP contribution in [0.5, 0.6) is 0 Å². The monoisotopic (exact) mass is 243 g/mol. The first-order valence-corrected chi connectivity index (χ1v) is 5.75. The predicted octanol–water partition coefficient (Wildman–Crippen LogP) is 2.66. The molecular weight excluding hydrogens is 231 g/mol. The molecule has 3 aromatic rings. The first-order valence-electron chi connectivity index (χ1n) is 5.75. The Balaban J connectivity index is 2.29.